The van der Waals surface area contributed by atoms with Crippen LogP contribution in [-0.4, -0.2) is 0 Å². The first-order valence-electron chi connectivity index (χ1n) is 19.2. The third-order valence-electron chi connectivity index (χ3n) is 12.8. The van der Waals surface area contributed by atoms with Crippen LogP contribution in [0.15, 0.2) is 170 Å². The molecular weight excluding hydrogens is 649 g/mol. The van der Waals surface area contributed by atoms with Crippen molar-refractivity contribution in [3.8, 4) is 55.6 Å². The van der Waals surface area contributed by atoms with Crippen LogP contribution in [0.25, 0.3) is 88.0 Å². The highest BCUT2D eigenvalue weighted by Gasteiger charge is 2.36. The third-order valence-corrected chi connectivity index (χ3v) is 12.8. The zero-order chi connectivity index (χ0) is 36.3. The molecule has 0 N–H and O–H groups in total. The summed E-state index contributed by atoms with van der Waals surface area (Å²) in [7, 11) is 0. The van der Waals surface area contributed by atoms with Gasteiger partial charge in [-0.25, -0.2) is 0 Å². The molecule has 9 aromatic carbocycles. The zero-order valence-corrected chi connectivity index (χ0v) is 31.2. The summed E-state index contributed by atoms with van der Waals surface area (Å²) in [4.78, 5) is 0. The molecule has 9 aromatic rings. The molecule has 0 heterocycles. The van der Waals surface area contributed by atoms with Gasteiger partial charge in [-0.3, -0.25) is 0 Å². The van der Waals surface area contributed by atoms with Crippen molar-refractivity contribution in [3.05, 3.63) is 192 Å². The number of benzene rings is 9. The maximum atomic E-state index is 2.46. The Morgan fingerprint density at radius 1 is 0.259 bits per heavy atom. The molecule has 0 bridgehead atoms. The van der Waals surface area contributed by atoms with E-state index in [1.165, 1.54) is 110 Å². The Hall–Kier alpha value is -6.24. The predicted octanol–water partition coefficient (Wildman–Crippen LogP) is 14.8. The van der Waals surface area contributed by atoms with Crippen LogP contribution < -0.4 is 0 Å². The maximum absolute atomic E-state index is 2.46. The summed E-state index contributed by atoms with van der Waals surface area (Å²) in [5, 5.41) is 7.75. The van der Waals surface area contributed by atoms with Crippen LogP contribution in [0, 0.1) is 0 Å². The highest BCUT2D eigenvalue weighted by Crippen LogP contribution is 2.51. The Bertz CT molecular complexity index is 2920. The van der Waals surface area contributed by atoms with Gasteiger partial charge in [0.15, 0.2) is 0 Å². The second kappa shape index (κ2) is 11.1. The molecule has 0 atom stereocenters. The molecular formula is C54H40. The molecule has 2 aliphatic carbocycles. The lowest BCUT2D eigenvalue weighted by Crippen LogP contribution is -2.15. The summed E-state index contributed by atoms with van der Waals surface area (Å²) in [5.74, 6) is 0. The largest absolute Gasteiger partial charge is 0.0619 e. The van der Waals surface area contributed by atoms with Crippen molar-refractivity contribution in [2.75, 3.05) is 0 Å². The third kappa shape index (κ3) is 4.44. The molecule has 2 aliphatic rings. The van der Waals surface area contributed by atoms with E-state index in [1.54, 1.807) is 0 Å². The van der Waals surface area contributed by atoms with Gasteiger partial charge >= 0.3 is 0 Å². The summed E-state index contributed by atoms with van der Waals surface area (Å²) < 4.78 is 0. The first-order valence-corrected chi connectivity index (χ1v) is 19.2. The summed E-state index contributed by atoms with van der Waals surface area (Å²) in [6.07, 6.45) is 0. The fourth-order valence-corrected chi connectivity index (χ4v) is 9.90. The SMILES string of the molecule is CC1(C)c2ccccc2-c2ccc(-c3cc(-c4ccc5c(c4)C(C)(C)c4ccccc4-5)cc(-c4ccc5c(ccc6c7ccccc7ccc56)c4)c3)cc21. The van der Waals surface area contributed by atoms with Crippen molar-refractivity contribution in [1.82, 2.24) is 0 Å². The predicted molar refractivity (Wildman–Crippen MR) is 230 cm³/mol. The topological polar surface area (TPSA) is 0 Å². The molecule has 0 aliphatic heterocycles. The lowest BCUT2D eigenvalue weighted by molar-refractivity contribution is 0.660. The lowest BCUT2D eigenvalue weighted by Gasteiger charge is -2.22. The molecule has 0 heteroatoms. The monoisotopic (exact) mass is 688 g/mol. The van der Waals surface area contributed by atoms with Crippen molar-refractivity contribution in [2.24, 2.45) is 0 Å². The molecule has 0 saturated heterocycles. The van der Waals surface area contributed by atoms with Gasteiger partial charge in [0, 0.05) is 10.8 Å². The van der Waals surface area contributed by atoms with Gasteiger partial charge < -0.3 is 0 Å². The van der Waals surface area contributed by atoms with Gasteiger partial charge in [0.25, 0.3) is 0 Å². The zero-order valence-electron chi connectivity index (χ0n) is 31.2. The Balaban J connectivity index is 1.10. The summed E-state index contributed by atoms with van der Waals surface area (Å²) in [6, 6.07) is 64.2. The van der Waals surface area contributed by atoms with Crippen molar-refractivity contribution in [1.29, 1.82) is 0 Å². The van der Waals surface area contributed by atoms with E-state index in [-0.39, 0.29) is 10.8 Å². The van der Waals surface area contributed by atoms with Gasteiger partial charge in [-0.1, -0.05) is 161 Å². The Morgan fingerprint density at radius 2 is 0.667 bits per heavy atom. The smallest absolute Gasteiger partial charge is 0.0159 e. The normalized spacial score (nSPS) is 14.6. The van der Waals surface area contributed by atoms with Gasteiger partial charge in [-0.2, -0.15) is 0 Å². The molecule has 11 rings (SSSR count). The quantitative estimate of drug-likeness (QED) is 0.162. The molecule has 0 spiro atoms. The summed E-state index contributed by atoms with van der Waals surface area (Å²) >= 11 is 0. The molecule has 0 aromatic heterocycles. The number of rotatable bonds is 3. The molecule has 54 heavy (non-hydrogen) atoms. The Labute approximate surface area is 317 Å². The minimum Gasteiger partial charge on any atom is -0.0619 e. The maximum Gasteiger partial charge on any atom is 0.0159 e. The lowest BCUT2D eigenvalue weighted by atomic mass is 9.81. The van der Waals surface area contributed by atoms with Crippen LogP contribution in [-0.2, 0) is 10.8 Å². The highest BCUT2D eigenvalue weighted by atomic mass is 14.4. The fraction of sp³-hybridized carbons (Fsp3) is 0.111. The van der Waals surface area contributed by atoms with E-state index < -0.39 is 0 Å². The van der Waals surface area contributed by atoms with Gasteiger partial charge in [-0.15, -0.1) is 0 Å². The molecule has 0 unspecified atom stereocenters. The van der Waals surface area contributed by atoms with Crippen molar-refractivity contribution < 1.29 is 0 Å². The number of hydrogen-bond donors (Lipinski definition) is 0. The van der Waals surface area contributed by atoms with Gasteiger partial charge in [0.2, 0.25) is 0 Å². The minimum absolute atomic E-state index is 0.0601. The van der Waals surface area contributed by atoms with Crippen LogP contribution in [0.2, 0.25) is 0 Å². The van der Waals surface area contributed by atoms with E-state index in [2.05, 4.69) is 198 Å². The van der Waals surface area contributed by atoms with Crippen molar-refractivity contribution in [2.45, 2.75) is 38.5 Å². The second-order valence-electron chi connectivity index (χ2n) is 16.5. The van der Waals surface area contributed by atoms with Crippen LogP contribution in [0.1, 0.15) is 49.9 Å². The van der Waals surface area contributed by atoms with Gasteiger partial charge in [0.05, 0.1) is 0 Å². The average molecular weight is 689 g/mol. The highest BCUT2D eigenvalue weighted by molar-refractivity contribution is 6.17. The minimum atomic E-state index is -0.0601. The average Bonchev–Trinajstić information content (AvgIpc) is 3.59. The molecule has 0 amide bonds. The van der Waals surface area contributed by atoms with Crippen LogP contribution >= 0.6 is 0 Å². The van der Waals surface area contributed by atoms with E-state index in [1.807, 2.05) is 0 Å². The van der Waals surface area contributed by atoms with Crippen LogP contribution in [0.4, 0.5) is 0 Å². The molecule has 0 fully saturated rings. The Morgan fingerprint density at radius 3 is 1.24 bits per heavy atom. The number of fused-ring (bicyclic) bond motifs is 11. The molecule has 0 saturated carbocycles. The second-order valence-corrected chi connectivity index (χ2v) is 16.5. The van der Waals surface area contributed by atoms with Gasteiger partial charge in [0.1, 0.15) is 0 Å². The standard InChI is InChI=1S/C54H40/c1-53(2)49-15-9-7-13-45(49)47-25-19-35(31-51(47)53)39-28-38(29-40(30-39)36-20-26-48-46-14-8-10-16-50(46)54(3,4)52(48)32-36)34-18-22-42-37(27-34)21-24-43-41-12-6-5-11-33(41)17-23-44(42)43/h5-32H,1-4H3. The Kier molecular flexibility index (Phi) is 6.46. The summed E-state index contributed by atoms with van der Waals surface area (Å²) in [5.41, 5.74) is 18.4. The first kappa shape index (κ1) is 31.3. The molecule has 256 valence electrons. The van der Waals surface area contributed by atoms with Crippen molar-refractivity contribution in [3.63, 3.8) is 0 Å². The number of hydrogen-bond acceptors (Lipinski definition) is 0. The molecule has 0 nitrogen and oxygen atoms in total. The van der Waals surface area contributed by atoms with Gasteiger partial charge in [-0.05, 0) is 147 Å². The van der Waals surface area contributed by atoms with Crippen molar-refractivity contribution >= 4 is 32.3 Å². The fourth-order valence-electron chi connectivity index (χ4n) is 9.90. The van der Waals surface area contributed by atoms with Crippen LogP contribution in [0.5, 0.6) is 0 Å². The van der Waals surface area contributed by atoms with E-state index in [0.29, 0.717) is 0 Å². The van der Waals surface area contributed by atoms with E-state index >= 15 is 0 Å². The first-order chi connectivity index (χ1) is 26.3. The summed E-state index contributed by atoms with van der Waals surface area (Å²) in [6.45, 7) is 9.48. The van der Waals surface area contributed by atoms with E-state index in [4.69, 9.17) is 0 Å². The van der Waals surface area contributed by atoms with Crippen LogP contribution in [0.3, 0.4) is 0 Å². The van der Waals surface area contributed by atoms with E-state index in [9.17, 15) is 0 Å². The van der Waals surface area contributed by atoms with E-state index in [0.717, 1.165) is 0 Å². The molecule has 0 radical (unpaired) electrons.